The van der Waals surface area contributed by atoms with Crippen molar-refractivity contribution in [2.45, 2.75) is 48.9 Å². The fourth-order valence-electron chi connectivity index (χ4n) is 1.45. The van der Waals surface area contributed by atoms with Crippen molar-refractivity contribution >= 4 is 11.8 Å². The van der Waals surface area contributed by atoms with Crippen LogP contribution in [0.25, 0.3) is 0 Å². The maximum absolute atomic E-state index is 9.63. The number of aliphatic hydroxyl groups is 4. The number of aliphatic hydroxyl groups excluding tert-OH is 4. The first-order chi connectivity index (χ1) is 6.97. The molecular formula is C9H18O5S. The quantitative estimate of drug-likeness (QED) is 0.500. The van der Waals surface area contributed by atoms with E-state index in [0.29, 0.717) is 0 Å². The van der Waals surface area contributed by atoms with Gasteiger partial charge in [-0.2, -0.15) is 0 Å². The highest BCUT2D eigenvalue weighted by atomic mass is 32.2. The molecule has 0 amide bonds. The van der Waals surface area contributed by atoms with Crippen LogP contribution in [0.3, 0.4) is 0 Å². The monoisotopic (exact) mass is 238 g/mol. The van der Waals surface area contributed by atoms with Gasteiger partial charge >= 0.3 is 0 Å². The van der Waals surface area contributed by atoms with E-state index in [-0.39, 0.29) is 11.9 Å². The van der Waals surface area contributed by atoms with Gasteiger partial charge in [-0.05, 0) is 0 Å². The minimum absolute atomic E-state index is 0.228. The SMILES string of the molecule is CC(C)SC1OC(CO)[C@H](O)[C@@H](O)[C@@H]1O. The first-order valence-electron chi connectivity index (χ1n) is 4.93. The predicted octanol–water partition coefficient (Wildman–Crippen LogP) is -1.07. The fourth-order valence-corrected chi connectivity index (χ4v) is 2.51. The molecule has 0 radical (unpaired) electrons. The molecule has 1 rings (SSSR count). The second kappa shape index (κ2) is 5.47. The molecule has 0 aromatic heterocycles. The Hall–Kier alpha value is 0.150. The fraction of sp³-hybridized carbons (Fsp3) is 1.00. The van der Waals surface area contributed by atoms with Gasteiger partial charge in [-0.15, -0.1) is 11.8 Å². The molecule has 1 saturated heterocycles. The molecule has 5 nitrogen and oxygen atoms in total. The number of thioether (sulfide) groups is 1. The molecule has 0 aliphatic carbocycles. The molecule has 0 spiro atoms. The molecule has 1 aliphatic rings. The van der Waals surface area contributed by atoms with Crippen LogP contribution in [0, 0.1) is 0 Å². The van der Waals surface area contributed by atoms with Gasteiger partial charge in [-0.3, -0.25) is 0 Å². The highest BCUT2D eigenvalue weighted by Crippen LogP contribution is 2.30. The van der Waals surface area contributed by atoms with Crippen LogP contribution in [-0.2, 0) is 4.74 Å². The van der Waals surface area contributed by atoms with Gasteiger partial charge in [-0.25, -0.2) is 0 Å². The van der Waals surface area contributed by atoms with Gasteiger partial charge in [0.1, 0.15) is 29.9 Å². The average molecular weight is 238 g/mol. The third-order valence-electron chi connectivity index (χ3n) is 2.25. The minimum atomic E-state index is -1.27. The number of hydrogen-bond acceptors (Lipinski definition) is 6. The Morgan fingerprint density at radius 3 is 2.20 bits per heavy atom. The van der Waals surface area contributed by atoms with E-state index >= 15 is 0 Å². The van der Waals surface area contributed by atoms with Crippen molar-refractivity contribution in [2.75, 3.05) is 6.61 Å². The molecule has 0 aromatic rings. The van der Waals surface area contributed by atoms with Crippen LogP contribution < -0.4 is 0 Å². The Bertz CT molecular complexity index is 199. The molecule has 0 aromatic carbocycles. The van der Waals surface area contributed by atoms with Crippen molar-refractivity contribution in [3.63, 3.8) is 0 Å². The predicted molar refractivity (Wildman–Crippen MR) is 56.5 cm³/mol. The third kappa shape index (κ3) is 3.05. The van der Waals surface area contributed by atoms with Crippen molar-refractivity contribution < 1.29 is 25.2 Å². The lowest BCUT2D eigenvalue weighted by atomic mass is 10.0. The smallest absolute Gasteiger partial charge is 0.132 e. The summed E-state index contributed by atoms with van der Waals surface area (Å²) in [7, 11) is 0. The van der Waals surface area contributed by atoms with Gasteiger partial charge in [0.25, 0.3) is 0 Å². The molecule has 6 heteroatoms. The lowest BCUT2D eigenvalue weighted by molar-refractivity contribution is -0.205. The number of ether oxygens (including phenoxy) is 1. The van der Waals surface area contributed by atoms with Crippen molar-refractivity contribution in [3.8, 4) is 0 Å². The van der Waals surface area contributed by atoms with Crippen LogP contribution in [0.4, 0.5) is 0 Å². The van der Waals surface area contributed by atoms with Crippen molar-refractivity contribution in [1.29, 1.82) is 0 Å². The Kier molecular flexibility index (Phi) is 4.82. The highest BCUT2D eigenvalue weighted by Gasteiger charge is 2.43. The maximum Gasteiger partial charge on any atom is 0.132 e. The summed E-state index contributed by atoms with van der Waals surface area (Å²) in [6.45, 7) is 3.50. The molecule has 1 aliphatic heterocycles. The molecular weight excluding hydrogens is 220 g/mol. The zero-order valence-electron chi connectivity index (χ0n) is 8.78. The molecule has 4 N–H and O–H groups in total. The molecule has 90 valence electrons. The zero-order valence-corrected chi connectivity index (χ0v) is 9.59. The molecule has 1 fully saturated rings. The zero-order chi connectivity index (χ0) is 11.6. The Morgan fingerprint density at radius 2 is 1.73 bits per heavy atom. The second-order valence-electron chi connectivity index (χ2n) is 3.88. The van der Waals surface area contributed by atoms with Gasteiger partial charge in [0.05, 0.1) is 6.61 Å². The van der Waals surface area contributed by atoms with Gasteiger partial charge in [0.2, 0.25) is 0 Å². The molecule has 5 atom stereocenters. The van der Waals surface area contributed by atoms with Crippen LogP contribution in [0.2, 0.25) is 0 Å². The average Bonchev–Trinajstić information content (AvgIpc) is 2.18. The molecule has 0 bridgehead atoms. The summed E-state index contributed by atoms with van der Waals surface area (Å²) in [5, 5.41) is 37.8. The lowest BCUT2D eigenvalue weighted by Crippen LogP contribution is -2.57. The van der Waals surface area contributed by atoms with E-state index < -0.39 is 29.9 Å². The summed E-state index contributed by atoms with van der Waals surface area (Å²) in [5.41, 5.74) is -0.611. The lowest BCUT2D eigenvalue weighted by Gasteiger charge is -2.40. The van der Waals surface area contributed by atoms with Crippen LogP contribution >= 0.6 is 11.8 Å². The van der Waals surface area contributed by atoms with E-state index in [9.17, 15) is 15.3 Å². The van der Waals surface area contributed by atoms with E-state index in [1.54, 1.807) is 0 Å². The van der Waals surface area contributed by atoms with Crippen LogP contribution in [0.5, 0.6) is 0 Å². The molecule has 2 unspecified atom stereocenters. The summed E-state index contributed by atoms with van der Waals surface area (Å²) in [5.74, 6) is 0. The topological polar surface area (TPSA) is 90.2 Å². The normalized spacial score (nSPS) is 42.2. The van der Waals surface area contributed by atoms with Gasteiger partial charge < -0.3 is 25.2 Å². The van der Waals surface area contributed by atoms with Gasteiger partial charge in [0, 0.05) is 5.25 Å². The van der Waals surface area contributed by atoms with E-state index in [1.165, 1.54) is 11.8 Å². The highest BCUT2D eigenvalue weighted by molar-refractivity contribution is 8.00. The first kappa shape index (κ1) is 13.2. The summed E-state index contributed by atoms with van der Waals surface area (Å²) in [6, 6.07) is 0. The summed E-state index contributed by atoms with van der Waals surface area (Å²) < 4.78 is 5.29. The minimum Gasteiger partial charge on any atom is -0.394 e. The van der Waals surface area contributed by atoms with Crippen molar-refractivity contribution in [2.24, 2.45) is 0 Å². The van der Waals surface area contributed by atoms with Crippen LogP contribution in [0.15, 0.2) is 0 Å². The van der Waals surface area contributed by atoms with E-state index in [4.69, 9.17) is 9.84 Å². The largest absolute Gasteiger partial charge is 0.394 e. The van der Waals surface area contributed by atoms with E-state index in [0.717, 1.165) is 0 Å². The van der Waals surface area contributed by atoms with E-state index in [2.05, 4.69) is 0 Å². The molecule has 0 saturated carbocycles. The number of hydrogen-bond donors (Lipinski definition) is 4. The van der Waals surface area contributed by atoms with Gasteiger partial charge in [-0.1, -0.05) is 13.8 Å². The summed E-state index contributed by atoms with van der Waals surface area (Å²) >= 11 is 1.35. The third-order valence-corrected chi connectivity index (χ3v) is 3.46. The Morgan fingerprint density at radius 1 is 1.13 bits per heavy atom. The van der Waals surface area contributed by atoms with Crippen LogP contribution in [0.1, 0.15) is 13.8 Å². The molecule has 1 heterocycles. The first-order valence-corrected chi connectivity index (χ1v) is 5.87. The van der Waals surface area contributed by atoms with E-state index in [1.807, 2.05) is 13.8 Å². The summed E-state index contributed by atoms with van der Waals surface area (Å²) in [4.78, 5) is 0. The van der Waals surface area contributed by atoms with Gasteiger partial charge in [0.15, 0.2) is 0 Å². The van der Waals surface area contributed by atoms with Crippen molar-refractivity contribution in [1.82, 2.24) is 0 Å². The molecule has 15 heavy (non-hydrogen) atoms. The maximum atomic E-state index is 9.63. The number of rotatable bonds is 3. The van der Waals surface area contributed by atoms with Crippen molar-refractivity contribution in [3.05, 3.63) is 0 Å². The second-order valence-corrected chi connectivity index (χ2v) is 5.56. The standard InChI is InChI=1S/C9H18O5S/c1-4(2)15-9-8(13)7(12)6(11)5(3-10)14-9/h4-13H,3H2,1-2H3/t5?,6-,7+,8-,9?/m0/s1. The van der Waals surface area contributed by atoms with Crippen LogP contribution in [-0.4, -0.2) is 62.1 Å². The Labute approximate surface area is 93.1 Å². The Balaban J connectivity index is 2.65. The summed E-state index contributed by atoms with van der Waals surface area (Å²) in [6.07, 6.45) is -4.48.